The highest BCUT2D eigenvalue weighted by molar-refractivity contribution is 7.22. The molecule has 0 unspecified atom stereocenters. The third-order valence-corrected chi connectivity index (χ3v) is 6.50. The minimum Gasteiger partial charge on any atom is -0.422 e. The Morgan fingerprint density at radius 2 is 1.91 bits per heavy atom. The highest BCUT2D eigenvalue weighted by Crippen LogP contribution is 2.28. The van der Waals surface area contributed by atoms with E-state index in [-0.39, 0.29) is 5.91 Å². The van der Waals surface area contributed by atoms with Gasteiger partial charge in [0.15, 0.2) is 5.13 Å². The molecule has 6 heteroatoms. The van der Waals surface area contributed by atoms with E-state index in [9.17, 15) is 9.59 Å². The molecule has 0 saturated heterocycles. The average molecular weight is 455 g/mol. The number of anilines is 1. The molecular weight excluding hydrogens is 432 g/mol. The molecule has 0 fully saturated rings. The standard InChI is InChI=1S/C27H22N2O3S/c1-2-3-7-17-12-13-22-24(14-17)33-27(28-22)29-25(30)20-10-6-9-18(15-20)21-16-19-8-4-5-11-23(19)32-26(21)31/h4-6,8-16H,2-3,7H2,1H3,(H,28,29,30). The molecule has 0 spiro atoms. The molecule has 5 nitrogen and oxygen atoms in total. The van der Waals surface area contributed by atoms with Crippen LogP contribution in [0.2, 0.25) is 0 Å². The van der Waals surface area contributed by atoms with Gasteiger partial charge in [0, 0.05) is 10.9 Å². The summed E-state index contributed by atoms with van der Waals surface area (Å²) in [6, 6.07) is 22.4. The molecule has 0 bridgehead atoms. The smallest absolute Gasteiger partial charge is 0.344 e. The van der Waals surface area contributed by atoms with Crippen molar-refractivity contribution in [2.24, 2.45) is 0 Å². The summed E-state index contributed by atoms with van der Waals surface area (Å²) in [4.78, 5) is 30.0. The van der Waals surface area contributed by atoms with Crippen molar-refractivity contribution in [2.45, 2.75) is 26.2 Å². The molecule has 5 aromatic rings. The van der Waals surface area contributed by atoms with E-state index in [0.29, 0.717) is 27.4 Å². The van der Waals surface area contributed by atoms with Gasteiger partial charge < -0.3 is 4.42 Å². The van der Waals surface area contributed by atoms with Crippen molar-refractivity contribution >= 4 is 43.6 Å². The number of aryl methyl sites for hydroxylation is 1. The number of benzene rings is 3. The molecule has 0 aliphatic heterocycles. The summed E-state index contributed by atoms with van der Waals surface area (Å²) in [5.41, 5.74) is 3.76. The monoisotopic (exact) mass is 454 g/mol. The summed E-state index contributed by atoms with van der Waals surface area (Å²) >= 11 is 1.46. The van der Waals surface area contributed by atoms with Crippen LogP contribution in [0.3, 0.4) is 0 Å². The summed E-state index contributed by atoms with van der Waals surface area (Å²) in [6.45, 7) is 2.18. The van der Waals surface area contributed by atoms with E-state index >= 15 is 0 Å². The first-order valence-electron chi connectivity index (χ1n) is 10.9. The minimum atomic E-state index is -0.434. The van der Waals surface area contributed by atoms with Crippen LogP contribution in [0, 0.1) is 0 Å². The summed E-state index contributed by atoms with van der Waals surface area (Å²) in [5, 5.41) is 4.28. The van der Waals surface area contributed by atoms with E-state index < -0.39 is 5.63 Å². The van der Waals surface area contributed by atoms with E-state index in [4.69, 9.17) is 4.42 Å². The zero-order valence-electron chi connectivity index (χ0n) is 18.1. The van der Waals surface area contributed by atoms with Crippen LogP contribution in [-0.2, 0) is 6.42 Å². The van der Waals surface area contributed by atoms with Crippen LogP contribution >= 0.6 is 11.3 Å². The lowest BCUT2D eigenvalue weighted by Crippen LogP contribution is -2.12. The Hall–Kier alpha value is -3.77. The molecule has 0 aliphatic carbocycles. The molecule has 1 N–H and O–H groups in total. The molecule has 0 atom stereocenters. The number of thiazole rings is 1. The molecule has 1 amide bonds. The number of aromatic nitrogens is 1. The van der Waals surface area contributed by atoms with Gasteiger partial charge in [0.2, 0.25) is 0 Å². The zero-order chi connectivity index (χ0) is 22.8. The van der Waals surface area contributed by atoms with E-state index in [2.05, 4.69) is 29.4 Å². The van der Waals surface area contributed by atoms with Crippen LogP contribution in [0.5, 0.6) is 0 Å². The summed E-state index contributed by atoms with van der Waals surface area (Å²) < 4.78 is 6.50. The number of amides is 1. The van der Waals surface area contributed by atoms with E-state index in [0.717, 1.165) is 34.9 Å². The maximum Gasteiger partial charge on any atom is 0.344 e. The van der Waals surface area contributed by atoms with Crippen molar-refractivity contribution in [3.05, 3.63) is 94.3 Å². The first-order chi connectivity index (χ1) is 16.1. The quantitative estimate of drug-likeness (QED) is 0.291. The molecule has 164 valence electrons. The van der Waals surface area contributed by atoms with Gasteiger partial charge in [0.05, 0.1) is 15.8 Å². The molecule has 5 rings (SSSR count). The van der Waals surface area contributed by atoms with Crippen LogP contribution in [0.4, 0.5) is 5.13 Å². The van der Waals surface area contributed by atoms with Crippen molar-refractivity contribution in [3.63, 3.8) is 0 Å². The van der Waals surface area contributed by atoms with Crippen LogP contribution < -0.4 is 10.9 Å². The highest BCUT2D eigenvalue weighted by Gasteiger charge is 2.13. The molecule has 2 heterocycles. The maximum absolute atomic E-state index is 12.9. The van der Waals surface area contributed by atoms with Gasteiger partial charge in [0.1, 0.15) is 5.58 Å². The second-order valence-electron chi connectivity index (χ2n) is 7.94. The number of nitrogens with one attached hydrogen (secondary N) is 1. The highest BCUT2D eigenvalue weighted by atomic mass is 32.1. The molecular formula is C27H22N2O3S. The zero-order valence-corrected chi connectivity index (χ0v) is 18.9. The second kappa shape index (κ2) is 9.00. The van der Waals surface area contributed by atoms with Gasteiger partial charge in [0.25, 0.3) is 5.91 Å². The van der Waals surface area contributed by atoms with Crippen LogP contribution in [0.25, 0.3) is 32.3 Å². The lowest BCUT2D eigenvalue weighted by molar-refractivity contribution is 0.102. The normalized spacial score (nSPS) is 11.2. The van der Waals surface area contributed by atoms with E-state index in [1.807, 2.05) is 24.3 Å². The lowest BCUT2D eigenvalue weighted by Gasteiger charge is -2.06. The number of nitrogens with zero attached hydrogens (tertiary/aromatic N) is 1. The van der Waals surface area contributed by atoms with E-state index in [1.165, 1.54) is 16.9 Å². The van der Waals surface area contributed by atoms with Gasteiger partial charge in [-0.3, -0.25) is 10.1 Å². The topological polar surface area (TPSA) is 72.2 Å². The van der Waals surface area contributed by atoms with Gasteiger partial charge >= 0.3 is 5.63 Å². The van der Waals surface area contributed by atoms with Crippen LogP contribution in [-0.4, -0.2) is 10.9 Å². The molecule has 0 radical (unpaired) electrons. The molecule has 0 saturated carbocycles. The third kappa shape index (κ3) is 4.43. The van der Waals surface area contributed by atoms with Gasteiger partial charge in [-0.05, 0) is 60.4 Å². The molecule has 33 heavy (non-hydrogen) atoms. The number of fused-ring (bicyclic) bond motifs is 2. The summed E-state index contributed by atoms with van der Waals surface area (Å²) in [7, 11) is 0. The van der Waals surface area contributed by atoms with Crippen molar-refractivity contribution in [1.82, 2.24) is 4.98 Å². The maximum atomic E-state index is 12.9. The first kappa shape index (κ1) is 21.1. The molecule has 2 aromatic heterocycles. The Morgan fingerprint density at radius 1 is 1.03 bits per heavy atom. The van der Waals surface area contributed by atoms with Crippen molar-refractivity contribution in [3.8, 4) is 11.1 Å². The second-order valence-corrected chi connectivity index (χ2v) is 8.98. The Kier molecular flexibility index (Phi) is 5.75. The van der Waals surface area contributed by atoms with Crippen LogP contribution in [0.1, 0.15) is 35.7 Å². The number of carbonyl (C=O) groups excluding carboxylic acids is 1. The summed E-state index contributed by atoms with van der Waals surface area (Å²) in [5.74, 6) is -0.271. The number of para-hydroxylation sites is 1. The predicted octanol–water partition coefficient (Wildman–Crippen LogP) is 6.66. The Balaban J connectivity index is 1.40. The number of unbranched alkanes of at least 4 members (excludes halogenated alkanes) is 1. The van der Waals surface area contributed by atoms with Gasteiger partial charge in [-0.2, -0.15) is 0 Å². The van der Waals surface area contributed by atoms with Gasteiger partial charge in [-0.1, -0.05) is 61.1 Å². The first-order valence-corrected chi connectivity index (χ1v) is 11.8. The molecule has 3 aromatic carbocycles. The number of carbonyl (C=O) groups is 1. The fourth-order valence-electron chi connectivity index (χ4n) is 3.82. The fraction of sp³-hybridized carbons (Fsp3) is 0.148. The summed E-state index contributed by atoms with van der Waals surface area (Å²) in [6.07, 6.45) is 3.35. The lowest BCUT2D eigenvalue weighted by atomic mass is 10.0. The number of rotatable bonds is 6. The fourth-order valence-corrected chi connectivity index (χ4v) is 4.74. The SMILES string of the molecule is CCCCc1ccc2nc(NC(=O)c3cccc(-c4cc5ccccc5oc4=O)c3)sc2c1. The number of hydrogen-bond donors (Lipinski definition) is 1. The Labute approximate surface area is 194 Å². The van der Waals surface area contributed by atoms with Crippen molar-refractivity contribution in [2.75, 3.05) is 5.32 Å². The molecule has 0 aliphatic rings. The average Bonchev–Trinajstić information content (AvgIpc) is 3.23. The number of hydrogen-bond acceptors (Lipinski definition) is 5. The van der Waals surface area contributed by atoms with Crippen molar-refractivity contribution in [1.29, 1.82) is 0 Å². The third-order valence-electron chi connectivity index (χ3n) is 5.57. The largest absolute Gasteiger partial charge is 0.422 e. The Bertz CT molecular complexity index is 1530. The minimum absolute atomic E-state index is 0.271. The van der Waals surface area contributed by atoms with E-state index in [1.54, 1.807) is 36.4 Å². The predicted molar refractivity (Wildman–Crippen MR) is 134 cm³/mol. The van der Waals surface area contributed by atoms with Crippen LogP contribution in [0.15, 0.2) is 82.0 Å². The van der Waals surface area contributed by atoms with Crippen molar-refractivity contribution < 1.29 is 9.21 Å². The van der Waals surface area contributed by atoms with Gasteiger partial charge in [-0.15, -0.1) is 0 Å². The Morgan fingerprint density at radius 3 is 2.79 bits per heavy atom. The van der Waals surface area contributed by atoms with Gasteiger partial charge in [-0.25, -0.2) is 9.78 Å².